The van der Waals surface area contributed by atoms with E-state index in [2.05, 4.69) is 5.32 Å². The molecule has 0 aliphatic heterocycles. The zero-order valence-electron chi connectivity index (χ0n) is 12.3. The molecule has 0 spiro atoms. The standard InChI is InChI=1S/C17H20Cl2N2O/c18-13-6-12(7-14(19)15(13)20)17(22)21-16-10-2-8-1-9(4-10)5-11(16)3-8/h6-11,16H,1-5,20H2,(H,21,22). The fourth-order valence-electron chi connectivity index (χ4n) is 5.11. The predicted molar refractivity (Wildman–Crippen MR) is 89.2 cm³/mol. The van der Waals surface area contributed by atoms with Crippen molar-refractivity contribution in [1.29, 1.82) is 0 Å². The molecule has 0 unspecified atom stereocenters. The van der Waals surface area contributed by atoms with Gasteiger partial charge in [-0.15, -0.1) is 0 Å². The number of hydrogen-bond donors (Lipinski definition) is 2. The lowest BCUT2D eigenvalue weighted by Gasteiger charge is -2.54. The Hall–Kier alpha value is -0.930. The molecular weight excluding hydrogens is 319 g/mol. The molecule has 4 aliphatic rings. The first-order valence-corrected chi connectivity index (χ1v) is 8.82. The Bertz CT molecular complexity index is 580. The van der Waals surface area contributed by atoms with Crippen molar-refractivity contribution in [2.45, 2.75) is 38.1 Å². The summed E-state index contributed by atoms with van der Waals surface area (Å²) in [6, 6.07) is 3.53. The molecule has 1 aromatic carbocycles. The first kappa shape index (κ1) is 14.6. The van der Waals surface area contributed by atoms with Crippen molar-refractivity contribution in [1.82, 2.24) is 5.32 Å². The van der Waals surface area contributed by atoms with Crippen LogP contribution in [0.25, 0.3) is 0 Å². The second-order valence-electron chi connectivity index (χ2n) is 7.28. The van der Waals surface area contributed by atoms with Crippen molar-refractivity contribution in [3.63, 3.8) is 0 Å². The van der Waals surface area contributed by atoms with Gasteiger partial charge >= 0.3 is 0 Å². The normalized spacial score (nSPS) is 35.6. The van der Waals surface area contributed by atoms with Crippen LogP contribution in [0, 0.1) is 23.7 Å². The van der Waals surface area contributed by atoms with E-state index in [0.29, 0.717) is 39.2 Å². The molecule has 1 amide bonds. The van der Waals surface area contributed by atoms with E-state index < -0.39 is 0 Å². The third kappa shape index (κ3) is 2.39. The molecule has 0 atom stereocenters. The number of rotatable bonds is 2. The van der Waals surface area contributed by atoms with Gasteiger partial charge in [0.1, 0.15) is 0 Å². The van der Waals surface area contributed by atoms with E-state index in [1.807, 2.05) is 0 Å². The molecule has 5 rings (SSSR count). The Balaban J connectivity index is 1.53. The van der Waals surface area contributed by atoms with Crippen LogP contribution in [0.2, 0.25) is 10.0 Å². The van der Waals surface area contributed by atoms with E-state index in [4.69, 9.17) is 28.9 Å². The molecule has 118 valence electrons. The lowest BCUT2D eigenvalue weighted by molar-refractivity contribution is -0.0119. The van der Waals surface area contributed by atoms with Gasteiger partial charge in [-0.3, -0.25) is 4.79 Å². The Morgan fingerprint density at radius 3 is 2.00 bits per heavy atom. The van der Waals surface area contributed by atoms with Crippen LogP contribution >= 0.6 is 23.2 Å². The summed E-state index contributed by atoms with van der Waals surface area (Å²) in [5, 5.41) is 3.93. The molecule has 4 saturated carbocycles. The summed E-state index contributed by atoms with van der Waals surface area (Å²) >= 11 is 12.1. The summed E-state index contributed by atoms with van der Waals surface area (Å²) in [7, 11) is 0. The van der Waals surface area contributed by atoms with E-state index in [1.54, 1.807) is 12.1 Å². The van der Waals surface area contributed by atoms with Crippen LogP contribution in [-0.4, -0.2) is 11.9 Å². The zero-order chi connectivity index (χ0) is 15.4. The Kier molecular flexibility index (Phi) is 3.54. The topological polar surface area (TPSA) is 55.1 Å². The molecule has 0 saturated heterocycles. The van der Waals surface area contributed by atoms with Crippen molar-refractivity contribution < 1.29 is 4.79 Å². The average molecular weight is 339 g/mol. The molecule has 22 heavy (non-hydrogen) atoms. The van der Waals surface area contributed by atoms with Crippen LogP contribution in [0.4, 0.5) is 5.69 Å². The van der Waals surface area contributed by atoms with Gasteiger partial charge in [-0.05, 0) is 67.9 Å². The number of nitrogens with one attached hydrogen (secondary N) is 1. The van der Waals surface area contributed by atoms with Crippen molar-refractivity contribution in [2.24, 2.45) is 23.7 Å². The smallest absolute Gasteiger partial charge is 0.251 e. The maximum Gasteiger partial charge on any atom is 0.251 e. The fraction of sp³-hybridized carbons (Fsp3) is 0.588. The highest BCUT2D eigenvalue weighted by molar-refractivity contribution is 6.39. The second-order valence-corrected chi connectivity index (χ2v) is 8.10. The average Bonchev–Trinajstić information content (AvgIpc) is 2.47. The fourth-order valence-corrected chi connectivity index (χ4v) is 5.60. The maximum absolute atomic E-state index is 12.6. The predicted octanol–water partition coefficient (Wildman–Crippen LogP) is 4.13. The summed E-state index contributed by atoms with van der Waals surface area (Å²) in [4.78, 5) is 12.6. The van der Waals surface area contributed by atoms with E-state index in [9.17, 15) is 4.79 Å². The number of nitrogens with two attached hydrogens (primary N) is 1. The van der Waals surface area contributed by atoms with E-state index >= 15 is 0 Å². The Labute approximate surface area is 140 Å². The van der Waals surface area contributed by atoms with E-state index in [0.717, 1.165) is 11.8 Å². The highest BCUT2D eigenvalue weighted by atomic mass is 35.5. The van der Waals surface area contributed by atoms with E-state index in [-0.39, 0.29) is 5.91 Å². The zero-order valence-corrected chi connectivity index (χ0v) is 13.8. The number of benzene rings is 1. The number of halogens is 2. The van der Waals surface area contributed by atoms with Gasteiger partial charge in [-0.1, -0.05) is 23.2 Å². The lowest BCUT2D eigenvalue weighted by Crippen LogP contribution is -2.55. The van der Waals surface area contributed by atoms with Gasteiger partial charge in [-0.2, -0.15) is 0 Å². The third-order valence-corrected chi connectivity index (χ3v) is 6.49. The molecule has 0 aromatic heterocycles. The SMILES string of the molecule is Nc1c(Cl)cc(C(=O)NC2C3CC4CC(C3)CC2C4)cc1Cl. The van der Waals surface area contributed by atoms with Crippen LogP contribution < -0.4 is 11.1 Å². The van der Waals surface area contributed by atoms with Gasteiger partial charge in [0.05, 0.1) is 15.7 Å². The molecule has 4 bridgehead atoms. The third-order valence-electron chi connectivity index (χ3n) is 5.87. The second kappa shape index (κ2) is 5.31. The first-order chi connectivity index (χ1) is 10.5. The number of carbonyl (C=O) groups is 1. The molecule has 1 aromatic rings. The molecular formula is C17H20Cl2N2O. The molecule has 3 nitrogen and oxygen atoms in total. The van der Waals surface area contributed by atoms with Crippen molar-refractivity contribution in [2.75, 3.05) is 5.73 Å². The molecule has 3 N–H and O–H groups in total. The molecule has 0 heterocycles. The number of hydrogen-bond acceptors (Lipinski definition) is 2. The highest BCUT2D eigenvalue weighted by Gasteiger charge is 2.48. The minimum Gasteiger partial charge on any atom is -0.396 e. The van der Waals surface area contributed by atoms with Crippen molar-refractivity contribution in [3.8, 4) is 0 Å². The summed E-state index contributed by atoms with van der Waals surface area (Å²) < 4.78 is 0. The van der Waals surface area contributed by atoms with Gasteiger partial charge in [0.15, 0.2) is 0 Å². The minimum atomic E-state index is -0.0822. The van der Waals surface area contributed by atoms with Gasteiger partial charge in [0.25, 0.3) is 5.91 Å². The van der Waals surface area contributed by atoms with Crippen LogP contribution in [-0.2, 0) is 0 Å². The van der Waals surface area contributed by atoms with Crippen molar-refractivity contribution >= 4 is 34.8 Å². The maximum atomic E-state index is 12.6. The molecule has 5 heteroatoms. The number of nitrogen functional groups attached to an aromatic ring is 1. The number of anilines is 1. The van der Waals surface area contributed by atoms with E-state index in [1.165, 1.54) is 32.1 Å². The lowest BCUT2D eigenvalue weighted by atomic mass is 9.54. The van der Waals surface area contributed by atoms with Gasteiger partial charge in [-0.25, -0.2) is 0 Å². The van der Waals surface area contributed by atoms with Crippen LogP contribution in [0.15, 0.2) is 12.1 Å². The van der Waals surface area contributed by atoms with Crippen LogP contribution in [0.5, 0.6) is 0 Å². The first-order valence-electron chi connectivity index (χ1n) is 8.06. The summed E-state index contributed by atoms with van der Waals surface area (Å²) in [5.41, 5.74) is 6.56. The minimum absolute atomic E-state index is 0.0822. The summed E-state index contributed by atoms with van der Waals surface area (Å²) in [5.74, 6) is 3.02. The monoisotopic (exact) mass is 338 g/mol. The molecule has 4 aliphatic carbocycles. The van der Waals surface area contributed by atoms with Crippen LogP contribution in [0.1, 0.15) is 42.5 Å². The Morgan fingerprint density at radius 2 is 1.50 bits per heavy atom. The Morgan fingerprint density at radius 1 is 1.00 bits per heavy atom. The number of amides is 1. The highest BCUT2D eigenvalue weighted by Crippen LogP contribution is 2.53. The summed E-state index contributed by atoms with van der Waals surface area (Å²) in [6.45, 7) is 0. The van der Waals surface area contributed by atoms with Gasteiger partial charge in [0, 0.05) is 11.6 Å². The molecule has 0 radical (unpaired) electrons. The van der Waals surface area contributed by atoms with Gasteiger partial charge < -0.3 is 11.1 Å². The van der Waals surface area contributed by atoms with Crippen molar-refractivity contribution in [3.05, 3.63) is 27.7 Å². The number of carbonyl (C=O) groups excluding carboxylic acids is 1. The van der Waals surface area contributed by atoms with Gasteiger partial charge in [0.2, 0.25) is 0 Å². The van der Waals surface area contributed by atoms with Crippen LogP contribution in [0.3, 0.4) is 0 Å². The molecule has 4 fully saturated rings. The largest absolute Gasteiger partial charge is 0.396 e. The summed E-state index contributed by atoms with van der Waals surface area (Å²) in [6.07, 6.45) is 6.53. The quantitative estimate of drug-likeness (QED) is 0.796.